The number of hydrogen-bond donors (Lipinski definition) is 2. The molecule has 5 nitrogen and oxygen atoms in total. The molecule has 2 N–H and O–H groups in total. The van der Waals surface area contributed by atoms with E-state index in [2.05, 4.69) is 51.7 Å². The first-order valence-corrected chi connectivity index (χ1v) is 10.8. The second-order valence-corrected chi connectivity index (χ2v) is 10.1. The number of anilines is 1. The maximum absolute atomic E-state index is 12.1. The summed E-state index contributed by atoms with van der Waals surface area (Å²) in [7, 11) is 0.907. The predicted octanol–water partition coefficient (Wildman–Crippen LogP) is 3.06. The highest BCUT2D eigenvalue weighted by Crippen LogP contribution is 2.23. The summed E-state index contributed by atoms with van der Waals surface area (Å²) in [5, 5.41) is 6.71. The van der Waals surface area contributed by atoms with Gasteiger partial charge in [0.05, 0.1) is 6.04 Å². The molecule has 26 heavy (non-hydrogen) atoms. The van der Waals surface area contributed by atoms with Crippen molar-refractivity contribution in [2.45, 2.75) is 51.3 Å². The molecule has 6 heteroatoms. The summed E-state index contributed by atoms with van der Waals surface area (Å²) in [6, 6.07) is 8.89. The Morgan fingerprint density at radius 3 is 2.62 bits per heavy atom. The topological polar surface area (TPSA) is 56.7 Å². The van der Waals surface area contributed by atoms with Gasteiger partial charge < -0.3 is 15.5 Å². The van der Waals surface area contributed by atoms with Gasteiger partial charge in [0, 0.05) is 53.7 Å². The van der Waals surface area contributed by atoms with Crippen LogP contribution in [0.3, 0.4) is 0 Å². The van der Waals surface area contributed by atoms with E-state index in [0.29, 0.717) is 12.3 Å². The molecule has 0 amide bonds. The highest BCUT2D eigenvalue weighted by Gasteiger charge is 2.19. The third-order valence-electron chi connectivity index (χ3n) is 4.68. The number of hydrogen-bond acceptors (Lipinski definition) is 3. The van der Waals surface area contributed by atoms with Gasteiger partial charge in [0.25, 0.3) is 0 Å². The van der Waals surface area contributed by atoms with Gasteiger partial charge in [0.2, 0.25) is 0 Å². The van der Waals surface area contributed by atoms with Crippen molar-refractivity contribution in [1.82, 2.24) is 10.6 Å². The van der Waals surface area contributed by atoms with Gasteiger partial charge in [0.1, 0.15) is 0 Å². The van der Waals surface area contributed by atoms with E-state index in [0.717, 1.165) is 19.0 Å². The van der Waals surface area contributed by atoms with Crippen molar-refractivity contribution in [2.24, 2.45) is 4.99 Å². The van der Waals surface area contributed by atoms with Crippen LogP contribution in [0.15, 0.2) is 29.3 Å². The molecule has 2 atom stereocenters. The summed E-state index contributed by atoms with van der Waals surface area (Å²) in [6.45, 7) is 11.1. The molecule has 0 saturated carbocycles. The summed E-state index contributed by atoms with van der Waals surface area (Å²) in [6.07, 6.45) is 2.56. The van der Waals surface area contributed by atoms with Crippen LogP contribution in [0, 0.1) is 0 Å². The summed E-state index contributed by atoms with van der Waals surface area (Å²) in [5.41, 5.74) is 2.55. The minimum absolute atomic E-state index is 0.150. The number of aliphatic imine (C=N–C) groups is 1. The van der Waals surface area contributed by atoms with E-state index in [9.17, 15) is 4.21 Å². The Bertz CT molecular complexity index is 633. The largest absolute Gasteiger partial charge is 0.372 e. The average molecular weight is 379 g/mol. The molecule has 146 valence electrons. The van der Waals surface area contributed by atoms with Gasteiger partial charge >= 0.3 is 0 Å². The smallest absolute Gasteiger partial charge is 0.191 e. The van der Waals surface area contributed by atoms with Crippen LogP contribution in [-0.2, 0) is 10.8 Å². The van der Waals surface area contributed by atoms with E-state index in [-0.39, 0.29) is 10.8 Å². The fraction of sp³-hybridized carbons (Fsp3) is 0.650. The van der Waals surface area contributed by atoms with E-state index >= 15 is 0 Å². The highest BCUT2D eigenvalue weighted by molar-refractivity contribution is 7.86. The summed E-state index contributed by atoms with van der Waals surface area (Å²) in [5.74, 6) is 1.36. The normalized spacial score (nSPS) is 17.9. The lowest BCUT2D eigenvalue weighted by molar-refractivity contribution is 0.645. The van der Waals surface area contributed by atoms with Crippen molar-refractivity contribution in [3.63, 3.8) is 0 Å². The Balaban J connectivity index is 1.89. The highest BCUT2D eigenvalue weighted by atomic mass is 32.2. The third-order valence-corrected chi connectivity index (χ3v) is 6.62. The van der Waals surface area contributed by atoms with E-state index in [1.54, 1.807) is 7.05 Å². The van der Waals surface area contributed by atoms with Crippen molar-refractivity contribution in [2.75, 3.05) is 37.3 Å². The minimum atomic E-state index is -0.860. The zero-order valence-electron chi connectivity index (χ0n) is 16.8. The molecule has 2 rings (SSSR count). The van der Waals surface area contributed by atoms with E-state index in [1.807, 2.05) is 20.8 Å². The van der Waals surface area contributed by atoms with Gasteiger partial charge in [-0.2, -0.15) is 0 Å². The predicted molar refractivity (Wildman–Crippen MR) is 114 cm³/mol. The third kappa shape index (κ3) is 6.01. The molecule has 1 aromatic rings. The second kappa shape index (κ2) is 9.40. The molecule has 2 unspecified atom stereocenters. The fourth-order valence-electron chi connectivity index (χ4n) is 3.02. The first-order chi connectivity index (χ1) is 12.3. The number of guanidine groups is 1. The molecule has 1 aliphatic heterocycles. The van der Waals surface area contributed by atoms with Crippen molar-refractivity contribution in [3.05, 3.63) is 29.8 Å². The van der Waals surface area contributed by atoms with E-state index < -0.39 is 10.8 Å². The van der Waals surface area contributed by atoms with Gasteiger partial charge in [-0.3, -0.25) is 9.20 Å². The molecule has 0 radical (unpaired) electrons. The van der Waals surface area contributed by atoms with Crippen molar-refractivity contribution < 1.29 is 4.21 Å². The van der Waals surface area contributed by atoms with Gasteiger partial charge in [-0.1, -0.05) is 12.1 Å². The van der Waals surface area contributed by atoms with E-state index in [1.165, 1.54) is 24.1 Å². The second-order valence-electron chi connectivity index (χ2n) is 7.82. The van der Waals surface area contributed by atoms with Gasteiger partial charge in [0.15, 0.2) is 5.96 Å². The van der Waals surface area contributed by atoms with Crippen molar-refractivity contribution >= 4 is 22.4 Å². The Morgan fingerprint density at radius 1 is 1.31 bits per heavy atom. The number of nitrogens with one attached hydrogen (secondary N) is 2. The number of nitrogens with zero attached hydrogens (tertiary/aromatic N) is 2. The Kier molecular flexibility index (Phi) is 7.50. The molecule has 1 saturated heterocycles. The Labute approximate surface area is 161 Å². The quantitative estimate of drug-likeness (QED) is 0.590. The lowest BCUT2D eigenvalue weighted by Crippen LogP contribution is -2.41. The average Bonchev–Trinajstić information content (AvgIpc) is 3.14. The molecule has 0 aliphatic carbocycles. The van der Waals surface area contributed by atoms with Crippen LogP contribution in [0.2, 0.25) is 0 Å². The maximum Gasteiger partial charge on any atom is 0.191 e. The van der Waals surface area contributed by atoms with Crippen LogP contribution >= 0.6 is 0 Å². The lowest BCUT2D eigenvalue weighted by Gasteiger charge is -2.22. The Hall–Kier alpha value is -1.56. The van der Waals surface area contributed by atoms with Crippen LogP contribution < -0.4 is 15.5 Å². The summed E-state index contributed by atoms with van der Waals surface area (Å²) in [4.78, 5) is 6.75. The fourth-order valence-corrected chi connectivity index (χ4v) is 3.92. The minimum Gasteiger partial charge on any atom is -0.372 e. The van der Waals surface area contributed by atoms with Gasteiger partial charge in [-0.15, -0.1) is 0 Å². The lowest BCUT2D eigenvalue weighted by atomic mass is 10.1. The monoisotopic (exact) mass is 378 g/mol. The molecule has 0 spiro atoms. The van der Waals surface area contributed by atoms with E-state index in [4.69, 9.17) is 0 Å². The molecular formula is C20H34N4OS. The summed E-state index contributed by atoms with van der Waals surface area (Å²) >= 11 is 0. The number of rotatable bonds is 6. The number of benzene rings is 1. The van der Waals surface area contributed by atoms with Gasteiger partial charge in [-0.05, 0) is 58.2 Å². The zero-order valence-corrected chi connectivity index (χ0v) is 17.7. The molecule has 1 aliphatic rings. The Morgan fingerprint density at radius 2 is 2.00 bits per heavy atom. The van der Waals surface area contributed by atoms with Crippen LogP contribution in [0.1, 0.15) is 52.1 Å². The molecule has 0 bridgehead atoms. The van der Waals surface area contributed by atoms with Crippen molar-refractivity contribution in [3.8, 4) is 0 Å². The first kappa shape index (κ1) is 20.7. The maximum atomic E-state index is 12.1. The molecule has 0 aromatic heterocycles. The molecule has 1 aromatic carbocycles. The van der Waals surface area contributed by atoms with Crippen molar-refractivity contribution in [1.29, 1.82) is 0 Å². The summed E-state index contributed by atoms with van der Waals surface area (Å²) < 4.78 is 12.0. The molecular weight excluding hydrogens is 344 g/mol. The SMILES string of the molecule is CN=C(NCCS(=O)C(C)(C)C)NC(C)c1cccc(N2CCCC2)c1. The molecule has 1 fully saturated rings. The van der Waals surface area contributed by atoms with Crippen LogP contribution in [0.5, 0.6) is 0 Å². The van der Waals surface area contributed by atoms with Crippen LogP contribution in [-0.4, -0.2) is 47.4 Å². The molecule has 1 heterocycles. The first-order valence-electron chi connectivity index (χ1n) is 9.52. The zero-order chi connectivity index (χ0) is 19.2. The standard InChI is InChI=1S/C20H34N4OS/c1-16(17-9-8-10-18(15-17)24-12-6-7-13-24)23-19(21-5)22-11-14-26(25)20(2,3)4/h8-10,15-16H,6-7,11-14H2,1-5H3,(H2,21,22,23). The van der Waals surface area contributed by atoms with Crippen LogP contribution in [0.25, 0.3) is 0 Å². The van der Waals surface area contributed by atoms with Gasteiger partial charge in [-0.25, -0.2) is 0 Å². The van der Waals surface area contributed by atoms with Crippen LogP contribution in [0.4, 0.5) is 5.69 Å².